The highest BCUT2D eigenvalue weighted by atomic mass is 32.1. The summed E-state index contributed by atoms with van der Waals surface area (Å²) in [5, 5.41) is 14.1. The van der Waals surface area contributed by atoms with Crippen molar-refractivity contribution in [3.05, 3.63) is 11.1 Å². The standard InChI is InChI=1S/C8H12N2O2S/c1-2-6-5-13-8(10-6)9-4-3-7(11)12/h5H,2-4H2,1H3,(H,9,10)(H,11,12). The lowest BCUT2D eigenvalue weighted by Gasteiger charge is -1.97. The minimum atomic E-state index is -0.792. The molecule has 1 aromatic rings. The van der Waals surface area contributed by atoms with Crippen molar-refractivity contribution < 1.29 is 9.90 Å². The van der Waals surface area contributed by atoms with Crippen molar-refractivity contribution in [1.82, 2.24) is 4.98 Å². The number of rotatable bonds is 5. The molecule has 0 bridgehead atoms. The molecule has 0 radical (unpaired) electrons. The van der Waals surface area contributed by atoms with Gasteiger partial charge in [0.25, 0.3) is 0 Å². The van der Waals surface area contributed by atoms with E-state index < -0.39 is 5.97 Å². The van der Waals surface area contributed by atoms with Crippen molar-refractivity contribution in [2.45, 2.75) is 19.8 Å². The lowest BCUT2D eigenvalue weighted by molar-refractivity contribution is -0.136. The Hall–Kier alpha value is -1.10. The molecule has 13 heavy (non-hydrogen) atoms. The van der Waals surface area contributed by atoms with Crippen LogP contribution in [0.15, 0.2) is 5.38 Å². The molecule has 0 saturated heterocycles. The van der Waals surface area contributed by atoms with Crippen LogP contribution in [0.25, 0.3) is 0 Å². The second-order valence-corrected chi connectivity index (χ2v) is 3.43. The Labute approximate surface area is 80.6 Å². The van der Waals surface area contributed by atoms with E-state index in [9.17, 15) is 4.79 Å². The molecule has 0 amide bonds. The van der Waals surface area contributed by atoms with Gasteiger partial charge >= 0.3 is 5.97 Å². The lowest BCUT2D eigenvalue weighted by atomic mass is 10.4. The highest BCUT2D eigenvalue weighted by molar-refractivity contribution is 7.13. The van der Waals surface area contributed by atoms with Crippen LogP contribution < -0.4 is 5.32 Å². The second kappa shape index (κ2) is 4.81. The Morgan fingerprint density at radius 3 is 3.08 bits per heavy atom. The molecule has 0 fully saturated rings. The Balaban J connectivity index is 2.32. The summed E-state index contributed by atoms with van der Waals surface area (Å²) in [6.45, 7) is 2.47. The van der Waals surface area contributed by atoms with E-state index in [1.165, 1.54) is 11.3 Å². The molecule has 0 atom stereocenters. The van der Waals surface area contributed by atoms with Crippen molar-refractivity contribution in [3.8, 4) is 0 Å². The summed E-state index contributed by atoms with van der Waals surface area (Å²) < 4.78 is 0. The minimum Gasteiger partial charge on any atom is -0.481 e. The Kier molecular flexibility index (Phi) is 3.70. The monoisotopic (exact) mass is 200 g/mol. The molecule has 1 rings (SSSR count). The number of carboxylic acids is 1. The van der Waals surface area contributed by atoms with E-state index in [1.807, 2.05) is 12.3 Å². The maximum absolute atomic E-state index is 10.2. The molecule has 0 aromatic carbocycles. The fraction of sp³-hybridized carbons (Fsp3) is 0.500. The highest BCUT2D eigenvalue weighted by Crippen LogP contribution is 2.15. The molecular formula is C8H12N2O2S. The molecule has 1 aromatic heterocycles. The highest BCUT2D eigenvalue weighted by Gasteiger charge is 2.00. The third-order valence-electron chi connectivity index (χ3n) is 1.53. The topological polar surface area (TPSA) is 62.2 Å². The van der Waals surface area contributed by atoms with Crippen LogP contribution >= 0.6 is 11.3 Å². The predicted molar refractivity (Wildman–Crippen MR) is 52.2 cm³/mol. The number of carbonyl (C=O) groups is 1. The van der Waals surface area contributed by atoms with Crippen molar-refractivity contribution in [1.29, 1.82) is 0 Å². The maximum Gasteiger partial charge on any atom is 0.305 e. The number of nitrogens with one attached hydrogen (secondary N) is 1. The number of hydrogen-bond donors (Lipinski definition) is 2. The molecule has 0 aliphatic rings. The zero-order valence-electron chi connectivity index (χ0n) is 7.41. The van der Waals surface area contributed by atoms with Gasteiger partial charge in [0, 0.05) is 11.9 Å². The van der Waals surface area contributed by atoms with Gasteiger partial charge in [-0.2, -0.15) is 0 Å². The van der Waals surface area contributed by atoms with E-state index in [0.717, 1.165) is 17.2 Å². The molecule has 0 aliphatic carbocycles. The molecule has 0 unspecified atom stereocenters. The van der Waals surface area contributed by atoms with Crippen LogP contribution in [-0.2, 0) is 11.2 Å². The largest absolute Gasteiger partial charge is 0.481 e. The van der Waals surface area contributed by atoms with Crippen LogP contribution in [0, 0.1) is 0 Å². The van der Waals surface area contributed by atoms with E-state index in [4.69, 9.17) is 5.11 Å². The first-order valence-corrected chi connectivity index (χ1v) is 5.00. The summed E-state index contributed by atoms with van der Waals surface area (Å²) >= 11 is 1.51. The van der Waals surface area contributed by atoms with Crippen LogP contribution in [0.2, 0.25) is 0 Å². The number of aromatic nitrogens is 1. The van der Waals surface area contributed by atoms with Gasteiger partial charge in [0.1, 0.15) is 0 Å². The average Bonchev–Trinajstić information content (AvgIpc) is 2.52. The van der Waals surface area contributed by atoms with E-state index in [2.05, 4.69) is 10.3 Å². The first-order chi connectivity index (χ1) is 6.22. The lowest BCUT2D eigenvalue weighted by Crippen LogP contribution is -2.07. The van der Waals surface area contributed by atoms with Gasteiger partial charge in [-0.25, -0.2) is 4.98 Å². The van der Waals surface area contributed by atoms with E-state index in [0.29, 0.717) is 6.54 Å². The number of aryl methyl sites for hydroxylation is 1. The van der Waals surface area contributed by atoms with Gasteiger partial charge in [0.05, 0.1) is 12.1 Å². The van der Waals surface area contributed by atoms with Crippen LogP contribution in [0.1, 0.15) is 19.0 Å². The van der Waals surface area contributed by atoms with Crippen molar-refractivity contribution in [2.75, 3.05) is 11.9 Å². The first-order valence-electron chi connectivity index (χ1n) is 4.12. The molecule has 2 N–H and O–H groups in total. The molecule has 4 nitrogen and oxygen atoms in total. The first kappa shape index (κ1) is 9.98. The average molecular weight is 200 g/mol. The fourth-order valence-corrected chi connectivity index (χ4v) is 1.65. The van der Waals surface area contributed by atoms with Gasteiger partial charge in [-0.1, -0.05) is 6.92 Å². The number of thiazole rings is 1. The van der Waals surface area contributed by atoms with E-state index in [-0.39, 0.29) is 6.42 Å². The number of aliphatic carboxylic acids is 1. The molecule has 0 aliphatic heterocycles. The summed E-state index contributed by atoms with van der Waals surface area (Å²) in [7, 11) is 0. The van der Waals surface area contributed by atoms with Crippen LogP contribution in [-0.4, -0.2) is 22.6 Å². The van der Waals surface area contributed by atoms with Crippen LogP contribution in [0.4, 0.5) is 5.13 Å². The van der Waals surface area contributed by atoms with Crippen molar-refractivity contribution in [2.24, 2.45) is 0 Å². The van der Waals surface area contributed by atoms with Crippen molar-refractivity contribution in [3.63, 3.8) is 0 Å². The third-order valence-corrected chi connectivity index (χ3v) is 2.38. The number of carboxylic acid groups (broad SMARTS) is 1. The molecule has 5 heteroatoms. The van der Waals surface area contributed by atoms with Gasteiger partial charge in [-0.05, 0) is 6.42 Å². The summed E-state index contributed by atoms with van der Waals surface area (Å²) in [6.07, 6.45) is 1.04. The summed E-state index contributed by atoms with van der Waals surface area (Å²) in [5.41, 5.74) is 1.04. The molecule has 0 saturated carbocycles. The van der Waals surface area contributed by atoms with Gasteiger partial charge in [-0.3, -0.25) is 4.79 Å². The minimum absolute atomic E-state index is 0.126. The number of hydrogen-bond acceptors (Lipinski definition) is 4. The maximum atomic E-state index is 10.2. The second-order valence-electron chi connectivity index (χ2n) is 2.57. The Morgan fingerprint density at radius 1 is 1.77 bits per heavy atom. The molecular weight excluding hydrogens is 188 g/mol. The predicted octanol–water partition coefficient (Wildman–Crippen LogP) is 1.59. The smallest absolute Gasteiger partial charge is 0.305 e. The number of nitrogens with zero attached hydrogens (tertiary/aromatic N) is 1. The quantitative estimate of drug-likeness (QED) is 0.757. The third kappa shape index (κ3) is 3.42. The van der Waals surface area contributed by atoms with Gasteiger partial charge in [-0.15, -0.1) is 11.3 Å². The van der Waals surface area contributed by atoms with Crippen LogP contribution in [0.3, 0.4) is 0 Å². The molecule has 1 heterocycles. The van der Waals surface area contributed by atoms with E-state index in [1.54, 1.807) is 0 Å². The normalized spacial score (nSPS) is 9.92. The van der Waals surface area contributed by atoms with E-state index >= 15 is 0 Å². The zero-order chi connectivity index (χ0) is 9.68. The zero-order valence-corrected chi connectivity index (χ0v) is 8.23. The Morgan fingerprint density at radius 2 is 2.54 bits per heavy atom. The van der Waals surface area contributed by atoms with Crippen molar-refractivity contribution >= 4 is 22.4 Å². The summed E-state index contributed by atoms with van der Waals surface area (Å²) in [4.78, 5) is 14.4. The fourth-order valence-electron chi connectivity index (χ4n) is 0.827. The molecule has 0 spiro atoms. The summed E-state index contributed by atoms with van der Waals surface area (Å²) in [5.74, 6) is -0.792. The van der Waals surface area contributed by atoms with Crippen LogP contribution in [0.5, 0.6) is 0 Å². The molecule has 72 valence electrons. The summed E-state index contributed by atoms with van der Waals surface area (Å²) in [6, 6.07) is 0. The SMILES string of the molecule is CCc1csc(NCCC(=O)O)n1. The Bertz CT molecular complexity index is 285. The van der Waals surface area contributed by atoms with Gasteiger partial charge in [0.15, 0.2) is 5.13 Å². The van der Waals surface area contributed by atoms with Gasteiger partial charge < -0.3 is 10.4 Å². The number of anilines is 1. The van der Waals surface area contributed by atoms with Gasteiger partial charge in [0.2, 0.25) is 0 Å².